The molecule has 7 heteroatoms. The second-order valence-corrected chi connectivity index (χ2v) is 5.01. The lowest BCUT2D eigenvalue weighted by Crippen LogP contribution is -2.08. The highest BCUT2D eigenvalue weighted by molar-refractivity contribution is 6.41. The summed E-state index contributed by atoms with van der Waals surface area (Å²) in [4.78, 5) is 15.3. The number of pyridine rings is 1. The Hall–Kier alpha value is -1.36. The molecule has 1 aromatic carbocycles. The molecule has 0 radical (unpaired) electrons. The number of benzene rings is 1. The molecule has 0 spiro atoms. The predicted molar refractivity (Wildman–Crippen MR) is 76.0 cm³/mol. The molecule has 2 aromatic rings. The van der Waals surface area contributed by atoms with Crippen molar-refractivity contribution in [2.45, 2.75) is 0 Å². The van der Waals surface area contributed by atoms with Crippen molar-refractivity contribution in [3.8, 4) is 11.3 Å². The van der Waals surface area contributed by atoms with Crippen LogP contribution in [0.3, 0.4) is 0 Å². The molecule has 0 bridgehead atoms. The van der Waals surface area contributed by atoms with Crippen LogP contribution in [0.25, 0.3) is 11.3 Å². The Labute approximate surface area is 129 Å². The van der Waals surface area contributed by atoms with Crippen molar-refractivity contribution in [1.82, 2.24) is 4.98 Å². The number of hydrogen-bond donors (Lipinski definition) is 0. The van der Waals surface area contributed by atoms with E-state index in [0.717, 1.165) is 13.2 Å². The van der Waals surface area contributed by atoms with Gasteiger partial charge in [0.1, 0.15) is 0 Å². The molecule has 2 rings (SSSR count). The van der Waals surface area contributed by atoms with Crippen molar-refractivity contribution in [3.05, 3.63) is 50.8 Å². The number of esters is 1. The number of methoxy groups -OCH3 is 1. The smallest absolute Gasteiger partial charge is 0.359 e. The van der Waals surface area contributed by atoms with Crippen molar-refractivity contribution in [2.75, 3.05) is 7.11 Å². The third kappa shape index (κ3) is 2.87. The summed E-state index contributed by atoms with van der Waals surface area (Å²) in [6.45, 7) is 0. The van der Waals surface area contributed by atoms with E-state index in [4.69, 9.17) is 34.8 Å². The molecule has 0 aliphatic heterocycles. The van der Waals surface area contributed by atoms with Gasteiger partial charge in [0, 0.05) is 10.6 Å². The van der Waals surface area contributed by atoms with Crippen LogP contribution in [0.1, 0.15) is 10.5 Å². The Morgan fingerprint density at radius 3 is 2.35 bits per heavy atom. The number of carbonyl (C=O) groups is 1. The Kier molecular flexibility index (Phi) is 4.48. The van der Waals surface area contributed by atoms with Gasteiger partial charge in [0.15, 0.2) is 11.5 Å². The molecule has 0 N–H and O–H groups in total. The van der Waals surface area contributed by atoms with E-state index in [1.807, 2.05) is 0 Å². The van der Waals surface area contributed by atoms with Gasteiger partial charge >= 0.3 is 5.97 Å². The first-order valence-electron chi connectivity index (χ1n) is 5.34. The third-order valence-electron chi connectivity index (χ3n) is 2.49. The molecule has 0 saturated heterocycles. The molecular formula is C13H7Cl3FNO2. The minimum Gasteiger partial charge on any atom is -0.464 e. The number of nitrogens with zero attached hydrogens (tertiary/aromatic N) is 1. The van der Waals surface area contributed by atoms with Crippen LogP contribution < -0.4 is 0 Å². The second kappa shape index (κ2) is 5.95. The normalized spacial score (nSPS) is 10.4. The average Bonchev–Trinajstić information content (AvgIpc) is 2.38. The summed E-state index contributed by atoms with van der Waals surface area (Å²) in [7, 11) is 1.14. The van der Waals surface area contributed by atoms with Gasteiger partial charge < -0.3 is 4.74 Å². The highest BCUT2D eigenvalue weighted by Gasteiger charge is 2.18. The molecule has 0 saturated carbocycles. The van der Waals surface area contributed by atoms with E-state index in [9.17, 15) is 9.18 Å². The molecule has 0 aliphatic rings. The zero-order valence-corrected chi connectivity index (χ0v) is 12.4. The number of halogens is 4. The maximum absolute atomic E-state index is 13.5. The lowest BCUT2D eigenvalue weighted by Gasteiger charge is -2.09. The van der Waals surface area contributed by atoms with Crippen LogP contribution in [0.5, 0.6) is 0 Å². The van der Waals surface area contributed by atoms with Crippen molar-refractivity contribution >= 4 is 40.8 Å². The molecule has 3 nitrogen and oxygen atoms in total. The van der Waals surface area contributed by atoms with Gasteiger partial charge in [-0.05, 0) is 24.3 Å². The zero-order valence-electron chi connectivity index (χ0n) is 10.1. The number of aromatic nitrogens is 1. The summed E-state index contributed by atoms with van der Waals surface area (Å²) in [6, 6.07) is 5.42. The first kappa shape index (κ1) is 15.0. The lowest BCUT2D eigenvalue weighted by atomic mass is 10.1. The molecule has 0 aliphatic carbocycles. The molecule has 1 heterocycles. The summed E-state index contributed by atoms with van der Waals surface area (Å²) in [6.07, 6.45) is 0. The monoisotopic (exact) mass is 333 g/mol. The van der Waals surface area contributed by atoms with Crippen LogP contribution in [0.2, 0.25) is 15.1 Å². The Bertz CT molecular complexity index is 668. The minimum absolute atomic E-state index is 0.248. The van der Waals surface area contributed by atoms with Crippen LogP contribution in [0.15, 0.2) is 24.3 Å². The highest BCUT2D eigenvalue weighted by atomic mass is 35.5. The third-order valence-corrected chi connectivity index (χ3v) is 3.30. The maximum Gasteiger partial charge on any atom is 0.359 e. The second-order valence-electron chi connectivity index (χ2n) is 3.76. The Balaban J connectivity index is 2.63. The van der Waals surface area contributed by atoms with Gasteiger partial charge in [0.05, 0.1) is 22.8 Å². The van der Waals surface area contributed by atoms with Crippen molar-refractivity contribution in [1.29, 1.82) is 0 Å². The zero-order chi connectivity index (χ0) is 14.9. The van der Waals surface area contributed by atoms with Gasteiger partial charge in [0.2, 0.25) is 0 Å². The summed E-state index contributed by atoms with van der Waals surface area (Å²) < 4.78 is 18.0. The number of hydrogen-bond acceptors (Lipinski definition) is 3. The van der Waals surface area contributed by atoms with E-state index in [2.05, 4.69) is 9.72 Å². The fraction of sp³-hybridized carbons (Fsp3) is 0.0769. The fourth-order valence-electron chi connectivity index (χ4n) is 1.61. The Morgan fingerprint density at radius 2 is 1.80 bits per heavy atom. The molecule has 0 atom stereocenters. The van der Waals surface area contributed by atoms with Crippen LogP contribution in [0.4, 0.5) is 4.39 Å². The fourth-order valence-corrected chi connectivity index (χ4v) is 2.62. The lowest BCUT2D eigenvalue weighted by molar-refractivity contribution is 0.0588. The van der Waals surface area contributed by atoms with Gasteiger partial charge in [-0.2, -0.15) is 0 Å². The molecule has 104 valence electrons. The maximum atomic E-state index is 13.5. The van der Waals surface area contributed by atoms with Gasteiger partial charge in [-0.25, -0.2) is 14.2 Å². The summed E-state index contributed by atoms with van der Waals surface area (Å²) in [5, 5.41) is 0.855. The van der Waals surface area contributed by atoms with Crippen molar-refractivity contribution in [3.63, 3.8) is 0 Å². The van der Waals surface area contributed by atoms with Gasteiger partial charge in [-0.1, -0.05) is 34.8 Å². The van der Waals surface area contributed by atoms with Gasteiger partial charge in [0.25, 0.3) is 0 Å². The van der Waals surface area contributed by atoms with E-state index in [0.29, 0.717) is 10.6 Å². The van der Waals surface area contributed by atoms with Gasteiger partial charge in [-0.15, -0.1) is 0 Å². The highest BCUT2D eigenvalue weighted by Crippen LogP contribution is 2.36. The molecular weight excluding hydrogens is 328 g/mol. The van der Waals surface area contributed by atoms with Crippen molar-refractivity contribution in [2.24, 2.45) is 0 Å². The van der Waals surface area contributed by atoms with Crippen LogP contribution in [-0.4, -0.2) is 18.1 Å². The predicted octanol–water partition coefficient (Wildman–Crippen LogP) is 4.63. The summed E-state index contributed by atoms with van der Waals surface area (Å²) in [5.41, 5.74) is 0.174. The molecule has 20 heavy (non-hydrogen) atoms. The number of rotatable bonds is 2. The van der Waals surface area contributed by atoms with Crippen molar-refractivity contribution < 1.29 is 13.9 Å². The summed E-state index contributed by atoms with van der Waals surface area (Å²) >= 11 is 17.9. The van der Waals surface area contributed by atoms with Gasteiger partial charge in [-0.3, -0.25) is 0 Å². The molecule has 0 unspecified atom stereocenters. The average molecular weight is 335 g/mol. The molecule has 0 amide bonds. The van der Waals surface area contributed by atoms with Crippen LogP contribution >= 0.6 is 34.8 Å². The quantitative estimate of drug-likeness (QED) is 0.751. The topological polar surface area (TPSA) is 39.2 Å². The van der Waals surface area contributed by atoms with E-state index in [1.165, 1.54) is 18.2 Å². The van der Waals surface area contributed by atoms with E-state index >= 15 is 0 Å². The first-order chi connectivity index (χ1) is 9.43. The molecule has 1 aromatic heterocycles. The van der Waals surface area contributed by atoms with E-state index in [-0.39, 0.29) is 15.7 Å². The summed E-state index contributed by atoms with van der Waals surface area (Å²) in [5.74, 6) is -1.67. The SMILES string of the molecule is COC(=O)c1nc(-c2c(Cl)cc(Cl)cc2Cl)ccc1F. The Morgan fingerprint density at radius 1 is 1.20 bits per heavy atom. The number of ether oxygens (including phenoxy) is 1. The van der Waals surface area contributed by atoms with Crippen LogP contribution in [-0.2, 0) is 4.74 Å². The van der Waals surface area contributed by atoms with Crippen LogP contribution in [0, 0.1) is 5.82 Å². The van der Waals surface area contributed by atoms with E-state index < -0.39 is 17.5 Å². The standard InChI is InChI=1S/C13H7Cl3FNO2/c1-20-13(19)12-9(17)2-3-10(18-12)11-7(15)4-6(14)5-8(11)16/h2-5H,1H3. The largest absolute Gasteiger partial charge is 0.464 e. The molecule has 0 fully saturated rings. The van der Waals surface area contributed by atoms with E-state index in [1.54, 1.807) is 0 Å². The number of carbonyl (C=O) groups excluding carboxylic acids is 1. The first-order valence-corrected chi connectivity index (χ1v) is 6.47. The minimum atomic E-state index is -0.884.